The van der Waals surface area contributed by atoms with Crippen LogP contribution in [-0.2, 0) is 23.9 Å². The summed E-state index contributed by atoms with van der Waals surface area (Å²) in [6.45, 7) is 0.871. The van der Waals surface area contributed by atoms with E-state index in [0.717, 1.165) is 4.90 Å². The Morgan fingerprint density at radius 3 is 2.35 bits per heavy atom. The topological polar surface area (TPSA) is 214 Å². The number of aromatic nitrogens is 1. The number of hydrogen-bond donors (Lipinski definition) is 5. The Labute approximate surface area is 276 Å². The first-order chi connectivity index (χ1) is 22.9. The Bertz CT molecular complexity index is 1890. The molecule has 1 fully saturated rings. The van der Waals surface area contributed by atoms with Gasteiger partial charge in [0.25, 0.3) is 17.4 Å². The van der Waals surface area contributed by atoms with Crippen molar-refractivity contribution in [2.75, 3.05) is 26.6 Å². The van der Waals surface area contributed by atoms with Gasteiger partial charge in [0.1, 0.15) is 41.1 Å². The van der Waals surface area contributed by atoms with Gasteiger partial charge in [0, 0.05) is 29.5 Å². The molecule has 1 saturated heterocycles. The van der Waals surface area contributed by atoms with E-state index in [9.17, 15) is 39.0 Å². The number of carbonyl (C=O) groups is 5. The fraction of sp³-hybridized carbons (Fsp3) is 0.250. The number of benzene rings is 2. The molecular formula is C32H30N4O11S. The molecule has 3 amide bonds. The van der Waals surface area contributed by atoms with Crippen molar-refractivity contribution in [2.24, 2.45) is 0 Å². The first kappa shape index (κ1) is 33.6. The molecule has 1 unspecified atom stereocenters. The fourth-order valence-corrected chi connectivity index (χ4v) is 6.55. The summed E-state index contributed by atoms with van der Waals surface area (Å²) in [6.07, 6.45) is 0. The average Bonchev–Trinajstić information content (AvgIpc) is 3.07. The van der Waals surface area contributed by atoms with Gasteiger partial charge in [0.15, 0.2) is 11.5 Å². The summed E-state index contributed by atoms with van der Waals surface area (Å²) >= 11 is 1.17. The molecule has 16 heteroatoms. The molecule has 2 aliphatic rings. The van der Waals surface area contributed by atoms with Gasteiger partial charge < -0.3 is 40.0 Å². The number of H-pyrrole nitrogens is 1. The number of carboxylic acid groups (broad SMARTS) is 1. The smallest absolute Gasteiger partial charge is 0.352 e. The van der Waals surface area contributed by atoms with Crippen LogP contribution < -0.4 is 25.7 Å². The summed E-state index contributed by atoms with van der Waals surface area (Å²) in [7, 11) is 2.96. The van der Waals surface area contributed by atoms with Gasteiger partial charge >= 0.3 is 11.9 Å². The quantitative estimate of drug-likeness (QED) is 0.144. The van der Waals surface area contributed by atoms with E-state index in [-0.39, 0.29) is 40.5 Å². The van der Waals surface area contributed by atoms with E-state index in [1.807, 2.05) is 0 Å². The zero-order chi connectivity index (χ0) is 34.7. The zero-order valence-electron chi connectivity index (χ0n) is 25.8. The monoisotopic (exact) mass is 678 g/mol. The molecule has 2 aromatic carbocycles. The van der Waals surface area contributed by atoms with Crippen LogP contribution in [0.25, 0.3) is 11.3 Å². The summed E-state index contributed by atoms with van der Waals surface area (Å²) in [5.74, 6) is -3.51. The molecule has 3 aromatic rings. The van der Waals surface area contributed by atoms with Crippen molar-refractivity contribution in [3.05, 3.63) is 87.3 Å². The molecule has 3 atom stereocenters. The number of thioether (sulfide) groups is 1. The first-order valence-electron chi connectivity index (χ1n) is 14.3. The van der Waals surface area contributed by atoms with Crippen molar-refractivity contribution in [2.45, 2.75) is 24.4 Å². The molecule has 5 rings (SSSR count). The maximum Gasteiger partial charge on any atom is 0.352 e. The number of ether oxygens (including phenoxy) is 3. The van der Waals surface area contributed by atoms with Crippen LogP contribution in [0.2, 0.25) is 0 Å². The molecule has 0 spiro atoms. The second-order valence-corrected chi connectivity index (χ2v) is 11.7. The molecule has 5 N–H and O–H groups in total. The van der Waals surface area contributed by atoms with Gasteiger partial charge in [0.2, 0.25) is 5.91 Å². The number of aromatic hydroxyl groups is 1. The van der Waals surface area contributed by atoms with E-state index in [1.165, 1.54) is 69.3 Å². The lowest BCUT2D eigenvalue weighted by molar-refractivity contribution is -0.151. The lowest BCUT2D eigenvalue weighted by Crippen LogP contribution is -2.71. The van der Waals surface area contributed by atoms with Crippen LogP contribution in [-0.4, -0.2) is 87.8 Å². The SMILES string of the molecule is COc1ccc(-c2ccc(C(=O)N[C@@H](C(=O)NC3C(=O)N4C(C(=O)O)=C(COC(C)=O)CS[C@H]34)c3ccc(O)cc3)c(=O)[nH]2)cc1OC. The number of rotatable bonds is 11. The number of esters is 1. The molecule has 2 aliphatic heterocycles. The minimum Gasteiger partial charge on any atom is -0.508 e. The number of nitrogens with one attached hydrogen (secondary N) is 3. The highest BCUT2D eigenvalue weighted by atomic mass is 32.2. The summed E-state index contributed by atoms with van der Waals surface area (Å²) in [5.41, 5.74) is 0.0492. The van der Waals surface area contributed by atoms with Gasteiger partial charge in [0.05, 0.1) is 14.2 Å². The molecule has 0 bridgehead atoms. The Morgan fingerprint density at radius 1 is 1.02 bits per heavy atom. The molecule has 1 aromatic heterocycles. The predicted octanol–water partition coefficient (Wildman–Crippen LogP) is 1.54. The van der Waals surface area contributed by atoms with Gasteiger partial charge in [-0.05, 0) is 48.0 Å². The van der Waals surface area contributed by atoms with Crippen molar-refractivity contribution in [3.8, 4) is 28.5 Å². The highest BCUT2D eigenvalue weighted by Crippen LogP contribution is 2.40. The number of nitrogens with zero attached hydrogens (tertiary/aromatic N) is 1. The molecule has 0 aliphatic carbocycles. The van der Waals surface area contributed by atoms with Crippen molar-refractivity contribution >= 4 is 41.4 Å². The van der Waals surface area contributed by atoms with E-state index in [1.54, 1.807) is 18.2 Å². The van der Waals surface area contributed by atoms with Gasteiger partial charge in [-0.15, -0.1) is 11.8 Å². The summed E-state index contributed by atoms with van der Waals surface area (Å²) in [4.78, 5) is 80.2. The first-order valence-corrected chi connectivity index (χ1v) is 15.4. The van der Waals surface area contributed by atoms with Gasteiger partial charge in [-0.25, -0.2) is 4.79 Å². The van der Waals surface area contributed by atoms with Crippen LogP contribution in [0.1, 0.15) is 28.9 Å². The Morgan fingerprint density at radius 2 is 1.73 bits per heavy atom. The number of hydrogen-bond acceptors (Lipinski definition) is 11. The normalized spacial score (nSPS) is 17.4. The highest BCUT2D eigenvalue weighted by molar-refractivity contribution is 8.00. The van der Waals surface area contributed by atoms with E-state index < -0.39 is 52.7 Å². The lowest BCUT2D eigenvalue weighted by Gasteiger charge is -2.49. The van der Waals surface area contributed by atoms with E-state index >= 15 is 0 Å². The van der Waals surface area contributed by atoms with Crippen molar-refractivity contribution in [1.82, 2.24) is 20.5 Å². The van der Waals surface area contributed by atoms with Crippen LogP contribution in [0.5, 0.6) is 17.2 Å². The minimum atomic E-state index is -1.42. The third-order valence-corrected chi connectivity index (χ3v) is 8.95. The number of aromatic amines is 1. The number of pyridine rings is 1. The number of carbonyl (C=O) groups excluding carboxylic acids is 4. The zero-order valence-corrected chi connectivity index (χ0v) is 26.6. The molecule has 250 valence electrons. The standard InChI is InChI=1S/C32H30N4O11S/c1-15(37)47-13-18-14-48-31-25(30(42)36(31)26(18)32(43)44)35-29(41)24(16-4-7-19(38)8-5-16)34-28(40)20-9-10-21(33-27(20)39)17-6-11-22(45-2)23(12-17)46-3/h4-12,24-25,31,38H,13-14H2,1-3H3,(H,33,39)(H,34,40)(H,35,41)(H,43,44)/t24-,25?,31-/m1/s1. The number of methoxy groups -OCH3 is 2. The Kier molecular flexibility index (Phi) is 9.74. The van der Waals surface area contributed by atoms with E-state index in [4.69, 9.17) is 14.2 Å². The number of β-lactam (4-membered cyclic amide) rings is 1. The number of carboxylic acids is 1. The fourth-order valence-electron chi connectivity index (χ4n) is 5.22. The molecular weight excluding hydrogens is 648 g/mol. The predicted molar refractivity (Wildman–Crippen MR) is 170 cm³/mol. The van der Waals surface area contributed by atoms with Crippen molar-refractivity contribution < 1.29 is 48.4 Å². The maximum atomic E-state index is 13.7. The van der Waals surface area contributed by atoms with Gasteiger partial charge in [-0.3, -0.25) is 28.9 Å². The second-order valence-electron chi connectivity index (χ2n) is 10.6. The Hall–Kier alpha value is -5.77. The number of aliphatic carboxylic acids is 1. The number of phenols is 1. The molecule has 15 nitrogen and oxygen atoms in total. The van der Waals surface area contributed by atoms with Gasteiger partial charge in [-0.1, -0.05) is 12.1 Å². The molecule has 48 heavy (non-hydrogen) atoms. The minimum absolute atomic E-state index is 0.104. The Balaban J connectivity index is 1.36. The third-order valence-electron chi connectivity index (χ3n) is 7.61. The van der Waals surface area contributed by atoms with Crippen LogP contribution in [0.4, 0.5) is 0 Å². The highest BCUT2D eigenvalue weighted by Gasteiger charge is 2.54. The summed E-state index contributed by atoms with van der Waals surface area (Å²) in [6, 6.07) is 10.6. The second kappa shape index (κ2) is 13.9. The molecule has 3 heterocycles. The van der Waals surface area contributed by atoms with Crippen molar-refractivity contribution in [1.29, 1.82) is 0 Å². The van der Waals surface area contributed by atoms with Crippen LogP contribution in [0, 0.1) is 0 Å². The number of fused-ring (bicyclic) bond motifs is 1. The van der Waals surface area contributed by atoms with Crippen LogP contribution in [0.3, 0.4) is 0 Å². The summed E-state index contributed by atoms with van der Waals surface area (Å²) in [5, 5.41) is 23.9. The van der Waals surface area contributed by atoms with Crippen LogP contribution in [0.15, 0.2) is 70.7 Å². The third kappa shape index (κ3) is 6.69. The van der Waals surface area contributed by atoms with Crippen molar-refractivity contribution in [3.63, 3.8) is 0 Å². The lowest BCUT2D eigenvalue weighted by atomic mass is 10.0. The number of amides is 3. The largest absolute Gasteiger partial charge is 0.508 e. The maximum absolute atomic E-state index is 13.7. The number of phenolic OH excluding ortho intramolecular Hbond substituents is 1. The van der Waals surface area contributed by atoms with Crippen LogP contribution >= 0.6 is 11.8 Å². The molecule has 0 radical (unpaired) electrons. The van der Waals surface area contributed by atoms with E-state index in [0.29, 0.717) is 22.8 Å². The molecule has 0 saturated carbocycles. The summed E-state index contributed by atoms with van der Waals surface area (Å²) < 4.78 is 15.5. The average molecular weight is 679 g/mol. The van der Waals surface area contributed by atoms with Gasteiger partial charge in [-0.2, -0.15) is 0 Å². The van der Waals surface area contributed by atoms with E-state index in [2.05, 4.69) is 15.6 Å².